The summed E-state index contributed by atoms with van der Waals surface area (Å²) in [6, 6.07) is 0. The first-order valence-corrected chi connectivity index (χ1v) is 4.64. The van der Waals surface area contributed by atoms with Crippen LogP contribution in [0.5, 0.6) is 0 Å². The van der Waals surface area contributed by atoms with E-state index in [2.05, 4.69) is 0 Å². The van der Waals surface area contributed by atoms with Crippen molar-refractivity contribution >= 4 is 23.0 Å². The van der Waals surface area contributed by atoms with E-state index in [1.54, 1.807) is 7.11 Å². The zero-order valence-electron chi connectivity index (χ0n) is 6.59. The van der Waals surface area contributed by atoms with Crippen molar-refractivity contribution in [2.24, 2.45) is 0 Å². The van der Waals surface area contributed by atoms with Crippen LogP contribution in [0.3, 0.4) is 0 Å². The van der Waals surface area contributed by atoms with Crippen molar-refractivity contribution in [1.29, 1.82) is 0 Å². The van der Waals surface area contributed by atoms with Crippen LogP contribution in [-0.2, 0) is 12.5 Å². The van der Waals surface area contributed by atoms with Crippen molar-refractivity contribution < 1.29 is 12.5 Å². The molecule has 0 bridgehead atoms. The van der Waals surface area contributed by atoms with E-state index in [4.69, 9.17) is 12.5 Å². The fraction of sp³-hybridized carbons (Fsp3) is 1.00. The second-order valence-electron chi connectivity index (χ2n) is 2.63. The third-order valence-corrected chi connectivity index (χ3v) is 2.48. The highest BCUT2D eigenvalue weighted by molar-refractivity contribution is 14.1. The Labute approximate surface area is 81.1 Å². The van der Waals surface area contributed by atoms with Crippen molar-refractivity contribution in [3.05, 3.63) is 0 Å². The summed E-state index contributed by atoms with van der Waals surface area (Å²) < 4.78 is 15.7. The van der Waals surface area contributed by atoms with Crippen LogP contribution in [0.15, 0.2) is 0 Å². The number of hydrogen-bond donors (Lipinski definition) is 0. The molecule has 0 aromatic rings. The molecule has 1 fully saturated rings. The average molecular weight is 272 g/mol. The van der Waals surface area contributed by atoms with Crippen LogP contribution in [0.25, 0.3) is 0 Å². The summed E-state index contributed by atoms with van der Waals surface area (Å²) in [5.41, 5.74) is 0. The van der Waals surface area contributed by atoms with Gasteiger partial charge in [0.25, 0.3) is 0 Å². The minimum atomic E-state index is 0.130. The molecule has 3 nitrogen and oxygen atoms in total. The largest absolute Gasteiger partial charge is 0.382 e. The molecule has 11 heavy (non-hydrogen) atoms. The van der Waals surface area contributed by atoms with Crippen LogP contribution < -0.4 is 0 Å². The molecule has 2 atom stereocenters. The fourth-order valence-electron chi connectivity index (χ4n) is 1.23. The molecule has 1 heterocycles. The fourth-order valence-corrected chi connectivity index (χ4v) is 1.82. The van der Waals surface area contributed by atoms with E-state index in [1.807, 2.05) is 23.0 Å². The summed E-state index contributed by atoms with van der Waals surface area (Å²) in [5.74, 6) is 0. The normalized spacial score (nSPS) is 32.2. The summed E-state index contributed by atoms with van der Waals surface area (Å²) >= 11 is 1.93. The zero-order chi connectivity index (χ0) is 8.10. The Balaban J connectivity index is 2.31. The Kier molecular flexibility index (Phi) is 4.66. The van der Waals surface area contributed by atoms with E-state index >= 15 is 0 Å². The second kappa shape index (κ2) is 5.29. The van der Waals surface area contributed by atoms with Crippen LogP contribution in [-0.4, -0.2) is 32.5 Å². The SMILES string of the molecule is COC[C@H]1OCCC[C@@H]1OI. The van der Waals surface area contributed by atoms with Crippen LogP contribution in [0.4, 0.5) is 0 Å². The Morgan fingerprint density at radius 1 is 1.64 bits per heavy atom. The van der Waals surface area contributed by atoms with Crippen LogP contribution in [0.1, 0.15) is 12.8 Å². The third kappa shape index (κ3) is 2.85. The van der Waals surface area contributed by atoms with Crippen molar-refractivity contribution in [2.45, 2.75) is 25.0 Å². The lowest BCUT2D eigenvalue weighted by atomic mass is 10.1. The molecule has 0 spiro atoms. The maximum atomic E-state index is 5.47. The summed E-state index contributed by atoms with van der Waals surface area (Å²) in [5, 5.41) is 0. The maximum absolute atomic E-state index is 5.47. The molecule has 0 aromatic carbocycles. The molecule has 66 valence electrons. The lowest BCUT2D eigenvalue weighted by Gasteiger charge is -2.28. The van der Waals surface area contributed by atoms with E-state index in [-0.39, 0.29) is 12.2 Å². The van der Waals surface area contributed by atoms with E-state index < -0.39 is 0 Å². The van der Waals surface area contributed by atoms with Gasteiger partial charge in [0.05, 0.1) is 12.7 Å². The van der Waals surface area contributed by atoms with Crippen LogP contribution in [0.2, 0.25) is 0 Å². The number of halogens is 1. The average Bonchev–Trinajstić information content (AvgIpc) is 2.06. The highest BCUT2D eigenvalue weighted by Crippen LogP contribution is 2.19. The van der Waals surface area contributed by atoms with Gasteiger partial charge in [0.1, 0.15) is 29.1 Å². The number of hydrogen-bond acceptors (Lipinski definition) is 3. The monoisotopic (exact) mass is 272 g/mol. The van der Waals surface area contributed by atoms with Crippen LogP contribution >= 0.6 is 23.0 Å². The molecule has 4 heteroatoms. The van der Waals surface area contributed by atoms with Crippen molar-refractivity contribution in [1.82, 2.24) is 0 Å². The van der Waals surface area contributed by atoms with Gasteiger partial charge in [0, 0.05) is 13.7 Å². The van der Waals surface area contributed by atoms with Gasteiger partial charge in [0.15, 0.2) is 0 Å². The van der Waals surface area contributed by atoms with Crippen molar-refractivity contribution in [3.63, 3.8) is 0 Å². The number of ether oxygens (including phenoxy) is 2. The first kappa shape index (κ1) is 9.70. The minimum Gasteiger partial charge on any atom is -0.382 e. The van der Waals surface area contributed by atoms with Gasteiger partial charge in [-0.25, -0.2) is 0 Å². The van der Waals surface area contributed by atoms with E-state index in [0.717, 1.165) is 19.4 Å². The van der Waals surface area contributed by atoms with Crippen molar-refractivity contribution in [3.8, 4) is 0 Å². The zero-order valence-corrected chi connectivity index (χ0v) is 8.74. The van der Waals surface area contributed by atoms with Gasteiger partial charge in [-0.2, -0.15) is 0 Å². The molecule has 0 aromatic heterocycles. The Morgan fingerprint density at radius 3 is 3.09 bits per heavy atom. The van der Waals surface area contributed by atoms with Crippen LogP contribution in [0, 0.1) is 0 Å². The highest BCUT2D eigenvalue weighted by atomic mass is 127. The van der Waals surface area contributed by atoms with Gasteiger partial charge < -0.3 is 12.5 Å². The quantitative estimate of drug-likeness (QED) is 0.729. The molecule has 0 unspecified atom stereocenters. The molecular formula is C7H13IO3. The van der Waals surface area contributed by atoms with Gasteiger partial charge in [-0.3, -0.25) is 0 Å². The molecule has 0 amide bonds. The molecule has 1 saturated heterocycles. The summed E-state index contributed by atoms with van der Waals surface area (Å²) in [4.78, 5) is 0. The summed E-state index contributed by atoms with van der Waals surface area (Å²) in [6.45, 7) is 1.47. The molecule has 1 aliphatic rings. The Morgan fingerprint density at radius 2 is 2.45 bits per heavy atom. The summed E-state index contributed by atoms with van der Waals surface area (Å²) in [6.07, 6.45) is 2.51. The topological polar surface area (TPSA) is 27.7 Å². The Bertz CT molecular complexity index is 108. The lowest BCUT2D eigenvalue weighted by Crippen LogP contribution is -2.37. The maximum Gasteiger partial charge on any atom is 0.110 e. The molecule has 0 saturated carbocycles. The lowest BCUT2D eigenvalue weighted by molar-refractivity contribution is -0.0803. The predicted octanol–water partition coefficient (Wildman–Crippen LogP) is 1.55. The van der Waals surface area contributed by atoms with Gasteiger partial charge >= 0.3 is 0 Å². The number of rotatable bonds is 3. The number of methoxy groups -OCH3 is 1. The first-order valence-electron chi connectivity index (χ1n) is 3.76. The molecule has 0 aliphatic carbocycles. The highest BCUT2D eigenvalue weighted by Gasteiger charge is 2.25. The molecule has 0 radical (unpaired) electrons. The van der Waals surface area contributed by atoms with Gasteiger partial charge in [-0.15, -0.1) is 0 Å². The molecule has 1 aliphatic heterocycles. The van der Waals surface area contributed by atoms with Gasteiger partial charge in [-0.05, 0) is 12.8 Å². The standard InChI is InChI=1S/C7H13IO3/c1-9-5-7-6(11-8)3-2-4-10-7/h6-7H,2-5H2,1H3/t6-,7+/m0/s1. The molecular weight excluding hydrogens is 259 g/mol. The minimum absolute atomic E-state index is 0.130. The molecule has 0 N–H and O–H groups in total. The molecule has 1 rings (SSSR count). The van der Waals surface area contributed by atoms with Crippen molar-refractivity contribution in [2.75, 3.05) is 20.3 Å². The van der Waals surface area contributed by atoms with Gasteiger partial charge in [-0.1, -0.05) is 0 Å². The summed E-state index contributed by atoms with van der Waals surface area (Å²) in [7, 11) is 1.68. The van der Waals surface area contributed by atoms with Gasteiger partial charge in [0.2, 0.25) is 0 Å². The second-order valence-corrected chi connectivity index (χ2v) is 3.14. The third-order valence-electron chi connectivity index (χ3n) is 1.82. The van der Waals surface area contributed by atoms with E-state index in [9.17, 15) is 0 Å². The smallest absolute Gasteiger partial charge is 0.110 e. The van der Waals surface area contributed by atoms with E-state index in [1.165, 1.54) is 0 Å². The Hall–Kier alpha value is 0.610. The van der Waals surface area contributed by atoms with E-state index in [0.29, 0.717) is 6.61 Å². The predicted molar refractivity (Wildman–Crippen MR) is 49.7 cm³/mol. The first-order chi connectivity index (χ1) is 5.38.